The second-order valence-corrected chi connectivity index (χ2v) is 10.9. The molecular weight excluding hydrogens is 532 g/mol. The monoisotopic (exact) mass is 560 g/mol. The quantitative estimate of drug-likeness (QED) is 0.261. The number of carbonyl (C=O) groups is 1. The second kappa shape index (κ2) is 11.0. The average Bonchev–Trinajstić information content (AvgIpc) is 3.29. The molecule has 0 spiro atoms. The Balaban J connectivity index is 1.31. The fourth-order valence-corrected chi connectivity index (χ4v) is 6.31. The van der Waals surface area contributed by atoms with Crippen molar-refractivity contribution in [2.24, 2.45) is 4.99 Å². The van der Waals surface area contributed by atoms with Crippen molar-refractivity contribution in [2.45, 2.75) is 26.5 Å². The molecule has 5 aromatic rings. The maximum Gasteiger partial charge on any atom is 0.271 e. The van der Waals surface area contributed by atoms with E-state index in [2.05, 4.69) is 29.3 Å². The van der Waals surface area contributed by atoms with E-state index in [1.54, 1.807) is 11.7 Å². The maximum absolute atomic E-state index is 13.7. The predicted molar refractivity (Wildman–Crippen MR) is 162 cm³/mol. The molecule has 1 aromatic heterocycles. The van der Waals surface area contributed by atoms with Gasteiger partial charge in [-0.25, -0.2) is 4.99 Å². The van der Waals surface area contributed by atoms with E-state index in [0.717, 1.165) is 22.4 Å². The highest BCUT2D eigenvalue weighted by Gasteiger charge is 2.30. The van der Waals surface area contributed by atoms with Crippen LogP contribution in [-0.2, 0) is 11.4 Å². The zero-order valence-corrected chi connectivity index (χ0v) is 23.8. The summed E-state index contributed by atoms with van der Waals surface area (Å²) in [5, 5.41) is 2.36. The Morgan fingerprint density at radius 1 is 0.951 bits per heavy atom. The highest BCUT2D eigenvalue weighted by Crippen LogP contribution is 2.31. The van der Waals surface area contributed by atoms with Crippen LogP contribution < -0.4 is 24.4 Å². The number of allylic oxidation sites excluding steroid dienone is 2. The minimum Gasteiger partial charge on any atom is -0.497 e. The van der Waals surface area contributed by atoms with Crippen molar-refractivity contribution in [3.05, 3.63) is 139 Å². The average molecular weight is 561 g/mol. The Labute approximate surface area is 241 Å². The summed E-state index contributed by atoms with van der Waals surface area (Å²) in [5.41, 5.74) is 3.78. The molecule has 0 radical (unpaired) electrons. The van der Waals surface area contributed by atoms with Gasteiger partial charge in [-0.15, -0.1) is 0 Å². The molecule has 0 bridgehead atoms. The zero-order valence-electron chi connectivity index (χ0n) is 23.0. The number of benzene rings is 4. The Hall–Kier alpha value is -4.75. The number of methoxy groups -OCH3 is 1. The van der Waals surface area contributed by atoms with Gasteiger partial charge in [-0.3, -0.25) is 14.2 Å². The van der Waals surface area contributed by atoms with Gasteiger partial charge in [-0.05, 0) is 71.7 Å². The minimum atomic E-state index is -0.554. The van der Waals surface area contributed by atoms with E-state index in [-0.39, 0.29) is 11.3 Å². The molecule has 1 atom stereocenters. The van der Waals surface area contributed by atoms with Crippen LogP contribution >= 0.6 is 11.3 Å². The van der Waals surface area contributed by atoms with Crippen molar-refractivity contribution in [1.29, 1.82) is 0 Å². The van der Waals surface area contributed by atoms with Gasteiger partial charge in [0.15, 0.2) is 10.6 Å². The third-order valence-electron chi connectivity index (χ3n) is 7.28. The third kappa shape index (κ3) is 5.12. The van der Waals surface area contributed by atoms with Crippen LogP contribution in [0.5, 0.6) is 11.5 Å². The lowest BCUT2D eigenvalue weighted by Crippen LogP contribution is -2.39. The summed E-state index contributed by atoms with van der Waals surface area (Å²) < 4.78 is 13.6. The van der Waals surface area contributed by atoms with Crippen molar-refractivity contribution < 1.29 is 14.3 Å². The molecule has 0 saturated heterocycles. The molecule has 0 unspecified atom stereocenters. The van der Waals surface area contributed by atoms with Gasteiger partial charge in [0, 0.05) is 11.3 Å². The topological polar surface area (TPSA) is 69.9 Å². The van der Waals surface area contributed by atoms with Crippen LogP contribution in [0.4, 0.5) is 0 Å². The normalized spacial score (nSPS) is 15.0. The van der Waals surface area contributed by atoms with Gasteiger partial charge in [0.2, 0.25) is 0 Å². The van der Waals surface area contributed by atoms with Crippen molar-refractivity contribution >= 4 is 34.0 Å². The van der Waals surface area contributed by atoms with Crippen LogP contribution in [0.15, 0.2) is 112 Å². The van der Waals surface area contributed by atoms with Crippen LogP contribution in [0.1, 0.15) is 36.6 Å². The lowest BCUT2D eigenvalue weighted by molar-refractivity contribution is -0.114. The minimum absolute atomic E-state index is 0.111. The molecule has 1 aliphatic heterocycles. The number of carbonyl (C=O) groups excluding carboxylic acids is 1. The van der Waals surface area contributed by atoms with E-state index in [1.807, 2.05) is 79.7 Å². The molecule has 0 saturated carbocycles. The fraction of sp³-hybridized carbons (Fsp3) is 0.147. The molecule has 0 fully saturated rings. The first-order chi connectivity index (χ1) is 19.9. The molecule has 6 rings (SSSR count). The number of ether oxygens (including phenoxy) is 2. The zero-order chi connectivity index (χ0) is 28.5. The molecule has 6 nitrogen and oxygen atoms in total. The van der Waals surface area contributed by atoms with Crippen LogP contribution in [0.3, 0.4) is 0 Å². The van der Waals surface area contributed by atoms with Crippen molar-refractivity contribution in [2.75, 3.05) is 7.11 Å². The molecule has 7 heteroatoms. The summed E-state index contributed by atoms with van der Waals surface area (Å²) in [6.07, 6.45) is 1.86. The molecular formula is C34H28N2O4S. The highest BCUT2D eigenvalue weighted by molar-refractivity contribution is 7.07. The Morgan fingerprint density at radius 2 is 1.66 bits per heavy atom. The first kappa shape index (κ1) is 26.5. The van der Waals surface area contributed by atoms with Gasteiger partial charge < -0.3 is 9.47 Å². The number of nitrogens with zero attached hydrogens (tertiary/aromatic N) is 2. The molecule has 0 amide bonds. The van der Waals surface area contributed by atoms with Gasteiger partial charge in [0.25, 0.3) is 5.56 Å². The van der Waals surface area contributed by atoms with Gasteiger partial charge in [-0.2, -0.15) is 0 Å². The van der Waals surface area contributed by atoms with E-state index in [9.17, 15) is 9.59 Å². The van der Waals surface area contributed by atoms with Crippen LogP contribution in [0.25, 0.3) is 16.8 Å². The number of fused-ring (bicyclic) bond motifs is 2. The van der Waals surface area contributed by atoms with Crippen LogP contribution in [0, 0.1) is 0 Å². The Morgan fingerprint density at radius 3 is 2.39 bits per heavy atom. The van der Waals surface area contributed by atoms with E-state index >= 15 is 0 Å². The standard InChI is InChI=1S/C34H28N2O4S/c1-21-31(22(2)37)32(25-13-17-27(39-3)18-14-25)36-33(38)30(41-34(36)35-21)19-23-11-15-28(16-12-23)40-20-26-9-6-8-24-7-4-5-10-29(24)26/h4-19,32H,20H2,1-3H3/t32-/m0/s1. The Kier molecular flexibility index (Phi) is 7.12. The summed E-state index contributed by atoms with van der Waals surface area (Å²) in [5.74, 6) is 1.34. The number of ketones is 1. The van der Waals surface area contributed by atoms with Crippen molar-refractivity contribution in [1.82, 2.24) is 4.57 Å². The summed E-state index contributed by atoms with van der Waals surface area (Å²) in [4.78, 5) is 31.6. The molecule has 0 N–H and O–H groups in total. The lowest BCUT2D eigenvalue weighted by atomic mass is 9.93. The largest absolute Gasteiger partial charge is 0.497 e. The molecule has 41 heavy (non-hydrogen) atoms. The first-order valence-corrected chi connectivity index (χ1v) is 14.1. The number of thiazole rings is 1. The number of aromatic nitrogens is 1. The number of hydrogen-bond donors (Lipinski definition) is 0. The smallest absolute Gasteiger partial charge is 0.271 e. The molecule has 2 heterocycles. The first-order valence-electron chi connectivity index (χ1n) is 13.3. The molecule has 0 aliphatic carbocycles. The Bertz CT molecular complexity index is 1980. The van der Waals surface area contributed by atoms with Gasteiger partial charge in [-0.1, -0.05) is 78.1 Å². The summed E-state index contributed by atoms with van der Waals surface area (Å²) in [6.45, 7) is 3.80. The molecule has 4 aromatic carbocycles. The van der Waals surface area contributed by atoms with Crippen LogP contribution in [0.2, 0.25) is 0 Å². The maximum atomic E-state index is 13.7. The summed E-state index contributed by atoms with van der Waals surface area (Å²) in [7, 11) is 1.60. The number of Topliss-reactive ketones (excluding diaryl/α,β-unsaturated/α-hetero) is 1. The van der Waals surface area contributed by atoms with Gasteiger partial charge in [0.1, 0.15) is 18.1 Å². The molecule has 204 valence electrons. The molecule has 1 aliphatic rings. The number of hydrogen-bond acceptors (Lipinski definition) is 6. The lowest BCUT2D eigenvalue weighted by Gasteiger charge is -2.24. The summed E-state index contributed by atoms with van der Waals surface area (Å²) in [6, 6.07) is 29.1. The SMILES string of the molecule is COc1ccc([C@H]2C(C(C)=O)=C(C)N=c3sc(=Cc4ccc(OCc5cccc6ccccc56)cc4)c(=O)n32)cc1. The van der Waals surface area contributed by atoms with Crippen molar-refractivity contribution in [3.8, 4) is 11.5 Å². The summed E-state index contributed by atoms with van der Waals surface area (Å²) >= 11 is 1.32. The third-order valence-corrected chi connectivity index (χ3v) is 8.27. The highest BCUT2D eigenvalue weighted by atomic mass is 32.1. The van der Waals surface area contributed by atoms with Gasteiger partial charge >= 0.3 is 0 Å². The van der Waals surface area contributed by atoms with E-state index < -0.39 is 6.04 Å². The van der Waals surface area contributed by atoms with Gasteiger partial charge in [0.05, 0.1) is 17.7 Å². The predicted octanol–water partition coefficient (Wildman–Crippen LogP) is 5.57. The van der Waals surface area contributed by atoms with E-state index in [1.165, 1.54) is 29.0 Å². The van der Waals surface area contributed by atoms with E-state index in [4.69, 9.17) is 9.47 Å². The second-order valence-electron chi connectivity index (χ2n) is 9.91. The van der Waals surface area contributed by atoms with Crippen molar-refractivity contribution in [3.63, 3.8) is 0 Å². The fourth-order valence-electron chi connectivity index (χ4n) is 5.26. The van der Waals surface area contributed by atoms with E-state index in [0.29, 0.717) is 33.0 Å². The number of rotatable bonds is 7. The van der Waals surface area contributed by atoms with Crippen LogP contribution in [-0.4, -0.2) is 17.5 Å².